The Morgan fingerprint density at radius 3 is 2.36 bits per heavy atom. The van der Waals surface area contributed by atoms with Crippen molar-refractivity contribution < 1.29 is 17.9 Å². The van der Waals surface area contributed by atoms with Crippen molar-refractivity contribution in [2.24, 2.45) is 5.41 Å². The highest BCUT2D eigenvalue weighted by atomic mass is 32.2. The second-order valence-corrected chi connectivity index (χ2v) is 20.5. The lowest BCUT2D eigenvalue weighted by molar-refractivity contribution is 0.0849. The third-order valence-electron chi connectivity index (χ3n) is 7.25. The number of hydrogen-bond donors (Lipinski definition) is 0. The largest absolute Gasteiger partial charge is 0.361 e. The number of benzene rings is 2. The Balaban J connectivity index is 1.63. The highest BCUT2D eigenvalue weighted by Crippen LogP contribution is 2.34. The summed E-state index contributed by atoms with van der Waals surface area (Å²) >= 11 is 0. The maximum atomic E-state index is 13.7. The standard InChI is InChI=1S/C32H38N4O4SSi/c1-22-12-14-23(15-13-22)41(38,39)36-20-25(24-10-8-9-11-28(24)36)27-18-33-31-29(34-27)26(30(37)32(2,3)4)19-35(31)21-40-16-17-42(5,6)7/h8-15,18-20H,16-17,21H2,1-7H3. The average molecular weight is 603 g/mol. The van der Waals surface area contributed by atoms with E-state index in [4.69, 9.17) is 14.7 Å². The average Bonchev–Trinajstić information content (AvgIpc) is 3.49. The van der Waals surface area contributed by atoms with Crippen LogP contribution in [0.3, 0.4) is 0 Å². The van der Waals surface area contributed by atoms with Crippen LogP contribution in [0.4, 0.5) is 0 Å². The van der Waals surface area contributed by atoms with E-state index in [1.54, 1.807) is 48.9 Å². The van der Waals surface area contributed by atoms with Gasteiger partial charge < -0.3 is 9.30 Å². The van der Waals surface area contributed by atoms with Crippen molar-refractivity contribution in [3.8, 4) is 11.3 Å². The quantitative estimate of drug-likeness (QED) is 0.101. The molecule has 5 aromatic rings. The van der Waals surface area contributed by atoms with Crippen LogP contribution in [0.15, 0.2) is 72.0 Å². The van der Waals surface area contributed by atoms with Crippen molar-refractivity contribution in [3.63, 3.8) is 0 Å². The molecule has 0 fully saturated rings. The number of rotatable bonds is 9. The van der Waals surface area contributed by atoms with Crippen molar-refractivity contribution in [3.05, 3.63) is 78.2 Å². The Hall–Kier alpha value is -3.60. The zero-order chi connectivity index (χ0) is 30.4. The van der Waals surface area contributed by atoms with Gasteiger partial charge in [-0.05, 0) is 31.2 Å². The molecule has 8 nitrogen and oxygen atoms in total. The number of ketones is 1. The van der Waals surface area contributed by atoms with E-state index in [0.717, 1.165) is 17.0 Å². The number of fused-ring (bicyclic) bond motifs is 2. The first-order chi connectivity index (χ1) is 19.7. The molecule has 0 atom stereocenters. The minimum absolute atomic E-state index is 0.0517. The Bertz CT molecular complexity index is 1890. The van der Waals surface area contributed by atoms with Gasteiger partial charge in [0.1, 0.15) is 12.2 Å². The van der Waals surface area contributed by atoms with E-state index < -0.39 is 23.5 Å². The molecule has 3 heterocycles. The highest BCUT2D eigenvalue weighted by Gasteiger charge is 2.29. The van der Waals surface area contributed by atoms with Crippen LogP contribution in [0, 0.1) is 12.3 Å². The maximum absolute atomic E-state index is 13.7. The first-order valence-electron chi connectivity index (χ1n) is 14.1. The van der Waals surface area contributed by atoms with E-state index in [9.17, 15) is 13.2 Å². The highest BCUT2D eigenvalue weighted by molar-refractivity contribution is 7.90. The molecule has 10 heteroatoms. The first-order valence-corrected chi connectivity index (χ1v) is 19.2. The Kier molecular flexibility index (Phi) is 7.76. The van der Waals surface area contributed by atoms with Crippen LogP contribution in [0.25, 0.3) is 33.3 Å². The summed E-state index contributed by atoms with van der Waals surface area (Å²) in [7, 11) is -5.13. The molecule has 0 aliphatic rings. The van der Waals surface area contributed by atoms with Crippen molar-refractivity contribution in [2.45, 2.75) is 65.0 Å². The first kappa shape index (κ1) is 29.9. The summed E-state index contributed by atoms with van der Waals surface area (Å²) in [5.74, 6) is -0.0517. The molecular weight excluding hydrogens is 565 g/mol. The van der Waals surface area contributed by atoms with Gasteiger partial charge in [-0.25, -0.2) is 22.4 Å². The van der Waals surface area contributed by atoms with Gasteiger partial charge in [0.25, 0.3) is 10.0 Å². The molecule has 5 rings (SSSR count). The number of Topliss-reactive ketones (excluding diaryl/α,β-unsaturated/α-hetero) is 1. The number of aryl methyl sites for hydroxylation is 1. The SMILES string of the molecule is Cc1ccc(S(=O)(=O)n2cc(-c3cnc4c(n3)c(C(=O)C(C)(C)C)cn4COCC[Si](C)(C)C)c3ccccc32)cc1. The van der Waals surface area contributed by atoms with Crippen LogP contribution >= 0.6 is 0 Å². The summed E-state index contributed by atoms with van der Waals surface area (Å²) in [5.41, 5.74) is 3.47. The third-order valence-corrected chi connectivity index (χ3v) is 10.6. The zero-order valence-electron chi connectivity index (χ0n) is 25.3. The lowest BCUT2D eigenvalue weighted by Crippen LogP contribution is -2.22. The number of ether oxygens (including phenoxy) is 1. The van der Waals surface area contributed by atoms with Gasteiger partial charge in [-0.3, -0.25) is 4.79 Å². The van der Waals surface area contributed by atoms with Crippen LogP contribution in [0.2, 0.25) is 25.7 Å². The van der Waals surface area contributed by atoms with Crippen molar-refractivity contribution in [2.75, 3.05) is 6.61 Å². The van der Waals surface area contributed by atoms with Crippen LogP contribution in [0.5, 0.6) is 0 Å². The topological polar surface area (TPSA) is 96.1 Å². The van der Waals surface area contributed by atoms with Gasteiger partial charge in [0, 0.05) is 43.4 Å². The summed E-state index contributed by atoms with van der Waals surface area (Å²) in [6.07, 6.45) is 5.01. The van der Waals surface area contributed by atoms with Gasteiger partial charge in [0.15, 0.2) is 11.4 Å². The number of hydrogen-bond acceptors (Lipinski definition) is 6. The van der Waals surface area contributed by atoms with Crippen molar-refractivity contribution >= 4 is 45.9 Å². The maximum Gasteiger partial charge on any atom is 0.268 e. The van der Waals surface area contributed by atoms with Gasteiger partial charge >= 0.3 is 0 Å². The second-order valence-electron chi connectivity index (χ2n) is 13.0. The molecule has 3 aromatic heterocycles. The minimum atomic E-state index is -3.88. The second kappa shape index (κ2) is 10.9. The predicted molar refractivity (Wildman–Crippen MR) is 170 cm³/mol. The van der Waals surface area contributed by atoms with E-state index in [-0.39, 0.29) is 17.4 Å². The van der Waals surface area contributed by atoms with E-state index >= 15 is 0 Å². The van der Waals surface area contributed by atoms with Gasteiger partial charge in [0.05, 0.1) is 27.9 Å². The molecule has 0 saturated heterocycles. The third kappa shape index (κ3) is 5.84. The smallest absolute Gasteiger partial charge is 0.268 e. The molecule has 0 bridgehead atoms. The number of carbonyl (C=O) groups excluding carboxylic acids is 1. The normalized spacial score (nSPS) is 12.8. The molecular formula is C32H38N4O4SSi. The minimum Gasteiger partial charge on any atom is -0.361 e. The van der Waals surface area contributed by atoms with Gasteiger partial charge in [-0.15, -0.1) is 0 Å². The molecule has 0 amide bonds. The summed E-state index contributed by atoms with van der Waals surface area (Å²) in [6.45, 7) is 15.4. The molecule has 0 spiro atoms. The molecule has 0 N–H and O–H groups in total. The fraction of sp³-hybridized carbons (Fsp3) is 0.344. The zero-order valence-corrected chi connectivity index (χ0v) is 27.1. The molecule has 0 unspecified atom stereocenters. The van der Waals surface area contributed by atoms with E-state index in [2.05, 4.69) is 19.6 Å². The monoisotopic (exact) mass is 602 g/mol. The van der Waals surface area contributed by atoms with Crippen LogP contribution in [-0.2, 0) is 21.5 Å². The van der Waals surface area contributed by atoms with Gasteiger partial charge in [-0.1, -0.05) is 76.3 Å². The molecule has 2 aromatic carbocycles. The lowest BCUT2D eigenvalue weighted by atomic mass is 9.87. The predicted octanol–water partition coefficient (Wildman–Crippen LogP) is 7.14. The van der Waals surface area contributed by atoms with Crippen LogP contribution in [0.1, 0.15) is 36.7 Å². The fourth-order valence-electron chi connectivity index (χ4n) is 4.77. The molecule has 0 saturated carbocycles. The Morgan fingerprint density at radius 2 is 1.69 bits per heavy atom. The van der Waals surface area contributed by atoms with E-state index in [1.165, 1.54) is 3.97 Å². The number of aromatic nitrogens is 4. The summed E-state index contributed by atoms with van der Waals surface area (Å²) in [5, 5.41) is 0.722. The van der Waals surface area contributed by atoms with E-state index in [1.807, 2.05) is 50.5 Å². The van der Waals surface area contributed by atoms with Crippen LogP contribution < -0.4 is 0 Å². The number of nitrogens with zero attached hydrogens (tertiary/aromatic N) is 4. The molecule has 220 valence electrons. The lowest BCUT2D eigenvalue weighted by Gasteiger charge is -2.16. The summed E-state index contributed by atoms with van der Waals surface area (Å²) < 4.78 is 36.6. The summed E-state index contributed by atoms with van der Waals surface area (Å²) in [6, 6.07) is 15.2. The Morgan fingerprint density at radius 1 is 1.00 bits per heavy atom. The van der Waals surface area contributed by atoms with Crippen molar-refractivity contribution in [1.82, 2.24) is 18.5 Å². The molecule has 42 heavy (non-hydrogen) atoms. The van der Waals surface area contributed by atoms with Crippen LogP contribution in [-0.4, -0.2) is 47.4 Å². The van der Waals surface area contributed by atoms with E-state index in [0.29, 0.717) is 40.1 Å². The van der Waals surface area contributed by atoms with Gasteiger partial charge in [-0.2, -0.15) is 0 Å². The number of para-hydroxylation sites is 1. The van der Waals surface area contributed by atoms with Crippen molar-refractivity contribution in [1.29, 1.82) is 0 Å². The number of carbonyl (C=O) groups is 1. The molecule has 0 aliphatic heterocycles. The molecule has 0 radical (unpaired) electrons. The van der Waals surface area contributed by atoms with Gasteiger partial charge in [0.2, 0.25) is 0 Å². The Labute approximate surface area is 248 Å². The fourth-order valence-corrected chi connectivity index (χ4v) is 6.89. The summed E-state index contributed by atoms with van der Waals surface area (Å²) in [4.78, 5) is 23.4. The molecule has 0 aliphatic carbocycles.